The zero-order chi connectivity index (χ0) is 10.2. The van der Waals surface area contributed by atoms with Gasteiger partial charge in [-0.2, -0.15) is 0 Å². The van der Waals surface area contributed by atoms with Crippen molar-refractivity contribution in [1.82, 2.24) is 0 Å². The first-order valence-corrected chi connectivity index (χ1v) is 4.76. The number of carbonyl (C=O) groups is 1. The Morgan fingerprint density at radius 2 is 1.20 bits per heavy atom. The molecule has 1 nitrogen and oxygen atoms in total. The SMILES string of the molecule is CCC=O.[Na].c1ccc2ccccc2c1. The Kier molecular flexibility index (Phi) is 8.30. The molecule has 0 saturated heterocycles. The second-order valence-electron chi connectivity index (χ2n) is 2.92. The quantitative estimate of drug-likeness (QED) is 0.521. The average molecular weight is 209 g/mol. The van der Waals surface area contributed by atoms with Crippen LogP contribution in [-0.4, -0.2) is 35.8 Å². The minimum atomic E-state index is 0. The van der Waals surface area contributed by atoms with Gasteiger partial charge in [0.1, 0.15) is 6.29 Å². The van der Waals surface area contributed by atoms with Gasteiger partial charge in [-0.1, -0.05) is 55.5 Å². The van der Waals surface area contributed by atoms with E-state index in [-0.39, 0.29) is 29.6 Å². The summed E-state index contributed by atoms with van der Waals surface area (Å²) in [6, 6.07) is 16.7. The molecule has 0 bridgehead atoms. The molecular formula is C13H14NaO. The van der Waals surface area contributed by atoms with Gasteiger partial charge >= 0.3 is 0 Å². The van der Waals surface area contributed by atoms with Crippen LogP contribution < -0.4 is 0 Å². The summed E-state index contributed by atoms with van der Waals surface area (Å²) in [6.45, 7) is 1.81. The van der Waals surface area contributed by atoms with Crippen molar-refractivity contribution >= 4 is 46.6 Å². The molecule has 2 heteroatoms. The van der Waals surface area contributed by atoms with Crippen LogP contribution in [0.2, 0.25) is 0 Å². The Hall–Kier alpha value is -0.630. The summed E-state index contributed by atoms with van der Waals surface area (Å²) in [7, 11) is 0. The number of aldehydes is 1. The van der Waals surface area contributed by atoms with Crippen LogP contribution in [0.1, 0.15) is 13.3 Å². The topological polar surface area (TPSA) is 17.1 Å². The van der Waals surface area contributed by atoms with Crippen LogP contribution in [0.25, 0.3) is 10.8 Å². The van der Waals surface area contributed by atoms with Crippen molar-refractivity contribution in [2.45, 2.75) is 13.3 Å². The Balaban J connectivity index is 0.000000346. The first-order valence-electron chi connectivity index (χ1n) is 4.76. The monoisotopic (exact) mass is 209 g/mol. The summed E-state index contributed by atoms with van der Waals surface area (Å²) < 4.78 is 0. The Bertz CT molecular complexity index is 333. The third-order valence-corrected chi connectivity index (χ3v) is 1.83. The van der Waals surface area contributed by atoms with Crippen molar-refractivity contribution in [3.63, 3.8) is 0 Å². The number of hydrogen-bond acceptors (Lipinski definition) is 1. The number of fused-ring (bicyclic) bond motifs is 1. The maximum Gasteiger partial charge on any atom is 0.119 e. The summed E-state index contributed by atoms with van der Waals surface area (Å²) in [6.07, 6.45) is 1.51. The van der Waals surface area contributed by atoms with E-state index in [0.29, 0.717) is 6.42 Å². The fourth-order valence-corrected chi connectivity index (χ4v) is 1.13. The standard InChI is InChI=1S/C10H8.C3H6O.Na/c1-2-6-10-8-4-3-7-9(10)5-1;1-2-3-4;/h1-8H;3H,2H2,1H3;. The van der Waals surface area contributed by atoms with E-state index >= 15 is 0 Å². The minimum absolute atomic E-state index is 0. The number of benzene rings is 2. The van der Waals surface area contributed by atoms with Crippen LogP contribution in [0, 0.1) is 0 Å². The summed E-state index contributed by atoms with van der Waals surface area (Å²) in [5.41, 5.74) is 0. The van der Waals surface area contributed by atoms with E-state index in [4.69, 9.17) is 0 Å². The molecule has 0 fully saturated rings. The van der Waals surface area contributed by atoms with E-state index in [0.717, 1.165) is 6.29 Å². The molecule has 2 aromatic rings. The van der Waals surface area contributed by atoms with Crippen LogP contribution in [-0.2, 0) is 4.79 Å². The summed E-state index contributed by atoms with van der Waals surface area (Å²) in [5, 5.41) is 2.62. The predicted molar refractivity (Wildman–Crippen MR) is 66.1 cm³/mol. The van der Waals surface area contributed by atoms with Gasteiger partial charge in [-0.15, -0.1) is 0 Å². The van der Waals surface area contributed by atoms with Gasteiger partial charge < -0.3 is 4.79 Å². The molecule has 0 amide bonds. The zero-order valence-corrected chi connectivity index (χ0v) is 11.3. The molecule has 0 aromatic heterocycles. The van der Waals surface area contributed by atoms with Crippen molar-refractivity contribution in [1.29, 1.82) is 0 Å². The minimum Gasteiger partial charge on any atom is -0.303 e. The van der Waals surface area contributed by atoms with Gasteiger partial charge in [-0.25, -0.2) is 0 Å². The van der Waals surface area contributed by atoms with E-state index in [1.165, 1.54) is 10.8 Å². The Morgan fingerprint density at radius 1 is 0.933 bits per heavy atom. The van der Waals surface area contributed by atoms with E-state index in [9.17, 15) is 4.79 Å². The number of carbonyl (C=O) groups excluding carboxylic acids is 1. The van der Waals surface area contributed by atoms with Gasteiger partial charge in [0.15, 0.2) is 0 Å². The summed E-state index contributed by atoms with van der Waals surface area (Å²) >= 11 is 0. The van der Waals surface area contributed by atoms with Gasteiger partial charge in [-0.3, -0.25) is 0 Å². The largest absolute Gasteiger partial charge is 0.303 e. The molecule has 73 valence electrons. The molecule has 0 unspecified atom stereocenters. The molecule has 0 N–H and O–H groups in total. The third-order valence-electron chi connectivity index (χ3n) is 1.83. The van der Waals surface area contributed by atoms with E-state index in [2.05, 4.69) is 48.5 Å². The van der Waals surface area contributed by atoms with Gasteiger partial charge in [-0.05, 0) is 10.8 Å². The summed E-state index contributed by atoms with van der Waals surface area (Å²) in [4.78, 5) is 9.17. The molecule has 0 aliphatic carbocycles. The van der Waals surface area contributed by atoms with Gasteiger partial charge in [0.05, 0.1) is 0 Å². The van der Waals surface area contributed by atoms with E-state index in [1.54, 1.807) is 0 Å². The van der Waals surface area contributed by atoms with Crippen molar-refractivity contribution in [2.24, 2.45) is 0 Å². The zero-order valence-electron chi connectivity index (χ0n) is 9.31. The molecule has 15 heavy (non-hydrogen) atoms. The van der Waals surface area contributed by atoms with Crippen LogP contribution >= 0.6 is 0 Å². The molecule has 2 aromatic carbocycles. The molecule has 2 rings (SSSR count). The van der Waals surface area contributed by atoms with Crippen molar-refractivity contribution in [3.8, 4) is 0 Å². The van der Waals surface area contributed by atoms with E-state index in [1.807, 2.05) is 6.92 Å². The number of hydrogen-bond donors (Lipinski definition) is 0. The second kappa shape index (κ2) is 8.66. The van der Waals surface area contributed by atoms with Crippen LogP contribution in [0.4, 0.5) is 0 Å². The first-order chi connectivity index (χ1) is 6.88. The number of rotatable bonds is 1. The van der Waals surface area contributed by atoms with Crippen molar-refractivity contribution < 1.29 is 4.79 Å². The maximum atomic E-state index is 9.17. The predicted octanol–water partition coefficient (Wildman–Crippen LogP) is 3.05. The van der Waals surface area contributed by atoms with Gasteiger partial charge in [0, 0.05) is 36.0 Å². The summed E-state index contributed by atoms with van der Waals surface area (Å²) in [5.74, 6) is 0. The molecule has 0 heterocycles. The molecule has 0 saturated carbocycles. The van der Waals surface area contributed by atoms with Crippen LogP contribution in [0.3, 0.4) is 0 Å². The van der Waals surface area contributed by atoms with Crippen LogP contribution in [0.15, 0.2) is 48.5 Å². The van der Waals surface area contributed by atoms with Crippen molar-refractivity contribution in [3.05, 3.63) is 48.5 Å². The Morgan fingerprint density at radius 3 is 1.40 bits per heavy atom. The fraction of sp³-hybridized carbons (Fsp3) is 0.154. The third kappa shape index (κ3) is 5.12. The average Bonchev–Trinajstić information content (AvgIpc) is 2.30. The normalized spacial score (nSPS) is 8.33. The smallest absolute Gasteiger partial charge is 0.119 e. The second-order valence-corrected chi connectivity index (χ2v) is 2.92. The molecule has 0 aliphatic rings. The van der Waals surface area contributed by atoms with Crippen molar-refractivity contribution in [2.75, 3.05) is 0 Å². The molecule has 0 spiro atoms. The molecular weight excluding hydrogens is 195 g/mol. The Labute approximate surface area is 113 Å². The molecule has 1 radical (unpaired) electrons. The molecule has 0 aliphatic heterocycles. The van der Waals surface area contributed by atoms with Gasteiger partial charge in [0.25, 0.3) is 0 Å². The van der Waals surface area contributed by atoms with Gasteiger partial charge in [0.2, 0.25) is 0 Å². The van der Waals surface area contributed by atoms with E-state index < -0.39 is 0 Å². The fourth-order valence-electron chi connectivity index (χ4n) is 1.13. The van der Waals surface area contributed by atoms with Crippen LogP contribution in [0.5, 0.6) is 0 Å². The maximum absolute atomic E-state index is 9.17. The molecule has 0 atom stereocenters. The first kappa shape index (κ1) is 14.4.